The third kappa shape index (κ3) is 17.0. The molecule has 590 valence electrons. The van der Waals surface area contributed by atoms with Gasteiger partial charge in [0, 0.05) is 173 Å². The predicted octanol–water partition coefficient (Wildman–Crippen LogP) is 10.8. The second-order valence-electron chi connectivity index (χ2n) is 29.5. The summed E-state index contributed by atoms with van der Waals surface area (Å²) < 4.78 is 15.4. The second kappa shape index (κ2) is 33.4. The van der Waals surface area contributed by atoms with E-state index in [2.05, 4.69) is 107 Å². The molecule has 20 rings (SSSR count). The molecule has 0 bridgehead atoms. The molecule has 0 saturated carbocycles. The van der Waals surface area contributed by atoms with Crippen molar-refractivity contribution in [3.05, 3.63) is 302 Å². The van der Waals surface area contributed by atoms with Crippen LogP contribution in [0.1, 0.15) is 90.5 Å². The lowest BCUT2D eigenvalue weighted by atomic mass is 10.2. The van der Waals surface area contributed by atoms with Crippen LogP contribution in [0.3, 0.4) is 0 Å². The highest BCUT2D eigenvalue weighted by atomic mass is 35.5. The first-order valence-electron chi connectivity index (χ1n) is 38.9. The lowest BCUT2D eigenvalue weighted by molar-refractivity contribution is 0.0923. The van der Waals surface area contributed by atoms with Gasteiger partial charge in [0.2, 0.25) is 5.82 Å². The highest BCUT2D eigenvalue weighted by molar-refractivity contribution is 6.30. The molecule has 0 aliphatic carbocycles. The lowest BCUT2D eigenvalue weighted by Gasteiger charge is -2.19. The van der Waals surface area contributed by atoms with Gasteiger partial charge in [0.05, 0.1) is 45.0 Å². The summed E-state index contributed by atoms with van der Waals surface area (Å²) in [5.41, 5.74) is 12.9. The molecule has 117 heavy (non-hydrogen) atoms. The van der Waals surface area contributed by atoms with Gasteiger partial charge in [-0.1, -0.05) is 66.2 Å². The summed E-state index contributed by atoms with van der Waals surface area (Å²) in [4.78, 5) is 99.9. The molecule has 12 aromatic heterocycles. The number of carbonyl (C=O) groups is 4. The van der Waals surface area contributed by atoms with Crippen molar-refractivity contribution in [2.45, 2.75) is 77.5 Å². The van der Waals surface area contributed by atoms with Crippen LogP contribution in [0, 0.1) is 27.7 Å². The molecule has 16 aromatic rings. The Hall–Kier alpha value is -14.3. The molecule has 16 heterocycles. The first-order chi connectivity index (χ1) is 57.1. The standard InChI is InChI=1S/C22H21ClN6O.2C22H22N6O.C20H20N8O/c1-15-11-27-9-2-3-20(27)21(25-15)28-10-8-17(12-28)26-22(30)19-13-29(14-24-19)18-6-4-16(23)5-7-18;2*1-16-12-26-10-5-8-20(26)21(24-16)27-11-9-17(13-27)25-22(29)19-14-28(15-23-19)18-6-3-2-4-7-18;1-14-11-27-10-8-21-18(27)19(23-14)26-9-7-15(12-26)24-20(29)17-22-13-28(25-17)16-5-3-2-4-6-16/h2-7,9,11,13-14,17H,8,10,12H2,1H3,(H,26,30);2*2-8,10,12,14-15,17H,9,11,13H2,1H3,(H,25,29);2-6,8,10-11,13,15H,7,9,12H2,1H3,(H,24,29)/t3*17-;15-/m0000/s1. The quantitative estimate of drug-likeness (QED) is 0.0699. The smallest absolute Gasteiger partial charge is 0.291 e. The summed E-state index contributed by atoms with van der Waals surface area (Å²) >= 11 is 5.94. The monoisotopic (exact) mass is 1580 g/mol. The van der Waals surface area contributed by atoms with Crippen LogP contribution in [0.15, 0.2) is 251 Å². The van der Waals surface area contributed by atoms with Gasteiger partial charge in [0.1, 0.15) is 42.4 Å². The molecule has 4 fully saturated rings. The van der Waals surface area contributed by atoms with Gasteiger partial charge < -0.3 is 72.2 Å². The van der Waals surface area contributed by atoms with Crippen LogP contribution in [0.5, 0.6) is 0 Å². The summed E-state index contributed by atoms with van der Waals surface area (Å²) in [6.45, 7) is 14.2. The summed E-state index contributed by atoms with van der Waals surface area (Å²) in [7, 11) is 0. The van der Waals surface area contributed by atoms with E-state index >= 15 is 0 Å². The van der Waals surface area contributed by atoms with E-state index in [9.17, 15) is 19.2 Å². The van der Waals surface area contributed by atoms with Crippen molar-refractivity contribution in [1.29, 1.82) is 0 Å². The van der Waals surface area contributed by atoms with Gasteiger partial charge in [-0.2, -0.15) is 0 Å². The number of carbonyl (C=O) groups excluding carboxylic acids is 4. The van der Waals surface area contributed by atoms with Crippen molar-refractivity contribution in [2.75, 3.05) is 72.0 Å². The summed E-state index contributed by atoms with van der Waals surface area (Å²) in [6.07, 6.45) is 33.1. The fourth-order valence-electron chi connectivity index (χ4n) is 15.3. The topological polar surface area (TPSA) is 296 Å². The average molecular weight is 1580 g/mol. The van der Waals surface area contributed by atoms with E-state index in [0.29, 0.717) is 28.6 Å². The van der Waals surface area contributed by atoms with Gasteiger partial charge in [0.25, 0.3) is 23.6 Å². The second-order valence-corrected chi connectivity index (χ2v) is 29.9. The minimum absolute atomic E-state index is 0.00324. The van der Waals surface area contributed by atoms with Crippen molar-refractivity contribution in [3.8, 4) is 22.7 Å². The lowest BCUT2D eigenvalue weighted by Crippen LogP contribution is -2.37. The number of halogens is 1. The first kappa shape index (κ1) is 75.4. The number of fused-ring (bicyclic) bond motifs is 4. The van der Waals surface area contributed by atoms with Crippen LogP contribution < -0.4 is 40.9 Å². The fourth-order valence-corrected chi connectivity index (χ4v) is 15.5. The van der Waals surface area contributed by atoms with Crippen molar-refractivity contribution >= 4 is 80.7 Å². The summed E-state index contributed by atoms with van der Waals surface area (Å²) in [6, 6.07) is 49.2. The summed E-state index contributed by atoms with van der Waals surface area (Å²) in [5.74, 6) is 3.20. The number of imidazole rings is 4. The van der Waals surface area contributed by atoms with Crippen molar-refractivity contribution in [2.24, 2.45) is 0 Å². The highest BCUT2D eigenvalue weighted by Gasteiger charge is 2.33. The number of para-hydroxylation sites is 3. The highest BCUT2D eigenvalue weighted by Crippen LogP contribution is 2.30. The van der Waals surface area contributed by atoms with Gasteiger partial charge in [-0.3, -0.25) is 19.2 Å². The Bertz CT molecular complexity index is 5760. The number of hydrogen-bond acceptors (Lipinski definition) is 18. The number of aryl methyl sites for hydroxylation is 4. The third-order valence-corrected chi connectivity index (χ3v) is 21.3. The Morgan fingerprint density at radius 3 is 1.10 bits per heavy atom. The number of nitrogens with one attached hydrogen (secondary N) is 4. The van der Waals surface area contributed by atoms with Crippen molar-refractivity contribution in [3.63, 3.8) is 0 Å². The van der Waals surface area contributed by atoms with Crippen LogP contribution in [-0.4, -0.2) is 186 Å². The first-order valence-corrected chi connectivity index (χ1v) is 39.3. The van der Waals surface area contributed by atoms with Crippen molar-refractivity contribution in [1.82, 2.24) is 107 Å². The molecule has 0 unspecified atom stereocenters. The van der Waals surface area contributed by atoms with Crippen LogP contribution in [0.25, 0.3) is 44.9 Å². The van der Waals surface area contributed by atoms with Crippen LogP contribution in [-0.2, 0) is 0 Å². The van der Waals surface area contributed by atoms with E-state index in [1.54, 1.807) is 54.8 Å². The molecule has 4 N–H and O–H groups in total. The molecule has 4 aliphatic rings. The van der Waals surface area contributed by atoms with E-state index in [4.69, 9.17) is 26.6 Å². The molecule has 31 heteroatoms. The maximum Gasteiger partial charge on any atom is 0.291 e. The predicted molar refractivity (Wildman–Crippen MR) is 447 cm³/mol. The van der Waals surface area contributed by atoms with Crippen LogP contribution in [0.2, 0.25) is 5.02 Å². The number of benzene rings is 4. The minimum Gasteiger partial charge on any atom is -0.353 e. The van der Waals surface area contributed by atoms with Crippen molar-refractivity contribution < 1.29 is 19.2 Å². The Kier molecular flexibility index (Phi) is 21.5. The van der Waals surface area contributed by atoms with Crippen LogP contribution >= 0.6 is 11.6 Å². The van der Waals surface area contributed by atoms with Gasteiger partial charge in [0.15, 0.2) is 28.9 Å². The van der Waals surface area contributed by atoms with E-state index in [1.165, 1.54) is 0 Å². The molecule has 4 aromatic carbocycles. The number of anilines is 4. The van der Waals surface area contributed by atoms with Gasteiger partial charge >= 0.3 is 0 Å². The SMILES string of the molecule is Cc1cn2cccc2c(N2CC[C@H](NC(=O)c3cn(-c4ccc(Cl)cc4)cn3)C2)n1.Cc1cn2cccc2c(N2CC[C@H](NC(=O)c3cn(-c4ccccc4)cn3)C2)n1.Cc1cn2cccc2c(N2CC[C@H](NC(=O)c3cn(-c4ccccc4)cn3)C2)n1.Cc1cn2ccnc2c(N2CC[C@H](NC(=O)c3ncn(-c4ccccc4)n3)C2)n1. The molecule has 30 nitrogen and oxygen atoms in total. The average Bonchev–Trinajstić information content (AvgIpc) is 1.58. The van der Waals surface area contributed by atoms with Crippen LogP contribution in [0.4, 0.5) is 23.3 Å². The fraction of sp³-hybridized carbons (Fsp3) is 0.233. The molecule has 4 atom stereocenters. The Labute approximate surface area is 677 Å². The Balaban J connectivity index is 0.000000112. The number of nitrogens with zero attached hydrogens (tertiary/aromatic N) is 22. The van der Waals surface area contributed by atoms with E-state index < -0.39 is 0 Å². The molecule has 0 spiro atoms. The maximum absolute atomic E-state index is 12.7. The summed E-state index contributed by atoms with van der Waals surface area (Å²) in [5, 5.41) is 17.4. The molecule has 4 saturated heterocycles. The van der Waals surface area contributed by atoms with Gasteiger partial charge in [-0.25, -0.2) is 49.5 Å². The number of amides is 4. The molecular formula is C86H85ClN26O4. The molecule has 0 radical (unpaired) electrons. The Morgan fingerprint density at radius 2 is 0.701 bits per heavy atom. The van der Waals surface area contributed by atoms with Gasteiger partial charge in [-0.15, -0.1) is 5.10 Å². The number of aromatic nitrogens is 18. The van der Waals surface area contributed by atoms with E-state index in [1.807, 2.05) is 229 Å². The zero-order valence-corrected chi connectivity index (χ0v) is 65.6. The third-order valence-electron chi connectivity index (χ3n) is 21.0. The molecular weight excluding hydrogens is 1500 g/mol. The minimum atomic E-state index is -0.269. The van der Waals surface area contributed by atoms with Gasteiger partial charge in [-0.05, 0) is 150 Å². The largest absolute Gasteiger partial charge is 0.353 e. The number of hydrogen-bond donors (Lipinski definition) is 4. The maximum atomic E-state index is 12.7. The van der Waals surface area contributed by atoms with E-state index in [0.717, 1.165) is 162 Å². The molecule has 4 aliphatic heterocycles. The zero-order chi connectivity index (χ0) is 80.0. The number of rotatable bonds is 16. The van der Waals surface area contributed by atoms with E-state index in [-0.39, 0.29) is 53.6 Å². The Morgan fingerprint density at radius 1 is 0.350 bits per heavy atom. The normalized spacial score (nSPS) is 16.4. The molecule has 4 amide bonds. The zero-order valence-electron chi connectivity index (χ0n) is 64.8.